The van der Waals surface area contributed by atoms with Crippen LogP contribution in [-0.2, 0) is 14.3 Å². The summed E-state index contributed by atoms with van der Waals surface area (Å²) in [6.07, 6.45) is -0.854. The molecule has 1 atom stereocenters. The van der Waals surface area contributed by atoms with E-state index in [0.717, 1.165) is 18.2 Å². The Bertz CT molecular complexity index is 960. The van der Waals surface area contributed by atoms with Gasteiger partial charge in [0.05, 0.1) is 4.92 Å². The molecule has 0 aromatic heterocycles. The van der Waals surface area contributed by atoms with Crippen molar-refractivity contribution in [1.82, 2.24) is 0 Å². The Morgan fingerprint density at radius 3 is 2.43 bits per heavy atom. The van der Waals surface area contributed by atoms with Crippen LogP contribution < -0.4 is 10.1 Å². The number of amides is 1. The van der Waals surface area contributed by atoms with Gasteiger partial charge in [-0.2, -0.15) is 4.39 Å². The molecule has 0 saturated heterocycles. The Morgan fingerprint density at radius 2 is 1.83 bits per heavy atom. The van der Waals surface area contributed by atoms with Crippen molar-refractivity contribution < 1.29 is 33.2 Å². The minimum atomic E-state index is -1.23. The van der Waals surface area contributed by atoms with Crippen molar-refractivity contribution in [1.29, 1.82) is 0 Å². The molecule has 10 heteroatoms. The van der Waals surface area contributed by atoms with Crippen molar-refractivity contribution in [2.75, 3.05) is 11.9 Å². The molecular formula is C20H19FN2O7. The van der Waals surface area contributed by atoms with E-state index in [1.807, 2.05) is 0 Å². The molecule has 30 heavy (non-hydrogen) atoms. The Labute approximate surface area is 170 Å². The molecule has 0 spiro atoms. The highest BCUT2D eigenvalue weighted by Crippen LogP contribution is 2.22. The summed E-state index contributed by atoms with van der Waals surface area (Å²) in [5.41, 5.74) is -0.287. The number of hydrogen-bond donors (Lipinski definition) is 1. The molecule has 2 aromatic rings. The van der Waals surface area contributed by atoms with Crippen LogP contribution in [0.5, 0.6) is 5.75 Å². The Kier molecular flexibility index (Phi) is 7.56. The van der Waals surface area contributed by atoms with Crippen molar-refractivity contribution in [2.24, 2.45) is 0 Å². The number of carbonyl (C=O) groups is 3. The minimum absolute atomic E-state index is 0.0195. The molecule has 0 aliphatic rings. The van der Waals surface area contributed by atoms with E-state index in [-0.39, 0.29) is 11.5 Å². The summed E-state index contributed by atoms with van der Waals surface area (Å²) >= 11 is 0. The van der Waals surface area contributed by atoms with Gasteiger partial charge in [-0.3, -0.25) is 19.7 Å². The van der Waals surface area contributed by atoms with Crippen molar-refractivity contribution >= 4 is 29.0 Å². The largest absolute Gasteiger partial charge is 0.482 e. The average molecular weight is 418 g/mol. The third kappa shape index (κ3) is 6.09. The number of nitro benzene ring substituents is 1. The number of Topliss-reactive ketones (excluding diaryl/α,β-unsaturated/α-hetero) is 1. The van der Waals surface area contributed by atoms with Gasteiger partial charge in [0.1, 0.15) is 5.75 Å². The molecule has 0 unspecified atom stereocenters. The van der Waals surface area contributed by atoms with Gasteiger partial charge in [0, 0.05) is 23.7 Å². The molecule has 2 rings (SSSR count). The number of carbonyl (C=O) groups excluding carboxylic acids is 3. The first kappa shape index (κ1) is 22.5. The van der Waals surface area contributed by atoms with Crippen LogP contribution in [0.25, 0.3) is 0 Å². The van der Waals surface area contributed by atoms with Gasteiger partial charge in [-0.05, 0) is 43.3 Å². The van der Waals surface area contributed by atoms with Crippen molar-refractivity contribution in [3.63, 3.8) is 0 Å². The van der Waals surface area contributed by atoms with Gasteiger partial charge in [0.15, 0.2) is 18.5 Å². The molecule has 0 bridgehead atoms. The lowest BCUT2D eigenvalue weighted by atomic mass is 10.1. The van der Waals surface area contributed by atoms with Crippen LogP contribution in [0.3, 0.4) is 0 Å². The monoisotopic (exact) mass is 418 g/mol. The second kappa shape index (κ2) is 10.1. The van der Waals surface area contributed by atoms with Gasteiger partial charge in [0.25, 0.3) is 5.91 Å². The summed E-state index contributed by atoms with van der Waals surface area (Å²) in [5, 5.41) is 13.1. The zero-order valence-electron chi connectivity index (χ0n) is 16.2. The van der Waals surface area contributed by atoms with E-state index < -0.39 is 41.0 Å². The molecule has 1 N–H and O–H groups in total. The molecule has 0 saturated carbocycles. The molecule has 2 aromatic carbocycles. The predicted molar refractivity (Wildman–Crippen MR) is 104 cm³/mol. The number of halogens is 1. The summed E-state index contributed by atoms with van der Waals surface area (Å²) in [4.78, 5) is 45.4. The fraction of sp³-hybridized carbons (Fsp3) is 0.250. The quantitative estimate of drug-likeness (QED) is 0.287. The summed E-state index contributed by atoms with van der Waals surface area (Å²) in [5.74, 6) is -2.30. The minimum Gasteiger partial charge on any atom is -0.482 e. The van der Waals surface area contributed by atoms with Crippen LogP contribution in [-0.4, -0.2) is 35.3 Å². The number of nitrogens with one attached hydrogen (secondary N) is 1. The lowest BCUT2D eigenvalue weighted by Crippen LogP contribution is -2.31. The van der Waals surface area contributed by atoms with Crippen LogP contribution >= 0.6 is 0 Å². The Balaban J connectivity index is 1.86. The summed E-state index contributed by atoms with van der Waals surface area (Å²) in [7, 11) is 0. The fourth-order valence-corrected chi connectivity index (χ4v) is 2.34. The standard InChI is InChI=1S/C20H19FN2O7/c1-3-18(24)13-4-7-15(8-5-13)29-11-19(25)30-12(2)20(26)22-14-6-9-16(21)17(10-14)23(27)28/h4-10,12H,3,11H2,1-2H3,(H,22,26)/t12-/m1/s1. The normalized spacial score (nSPS) is 11.3. The number of ether oxygens (including phenoxy) is 2. The van der Waals surface area contributed by atoms with Crippen LogP contribution in [0, 0.1) is 15.9 Å². The zero-order valence-corrected chi connectivity index (χ0v) is 16.2. The smallest absolute Gasteiger partial charge is 0.344 e. The topological polar surface area (TPSA) is 125 Å². The van der Waals surface area contributed by atoms with Crippen LogP contribution in [0.1, 0.15) is 30.6 Å². The Morgan fingerprint density at radius 1 is 1.17 bits per heavy atom. The van der Waals surface area contributed by atoms with E-state index in [2.05, 4.69) is 5.32 Å². The van der Waals surface area contributed by atoms with E-state index in [9.17, 15) is 28.9 Å². The zero-order chi connectivity index (χ0) is 22.3. The predicted octanol–water partition coefficient (Wildman–Crippen LogP) is 3.28. The van der Waals surface area contributed by atoms with Gasteiger partial charge in [-0.1, -0.05) is 6.92 Å². The van der Waals surface area contributed by atoms with Crippen molar-refractivity contribution in [2.45, 2.75) is 26.4 Å². The van der Waals surface area contributed by atoms with Crippen LogP contribution in [0.2, 0.25) is 0 Å². The van der Waals surface area contributed by atoms with Gasteiger partial charge in [0.2, 0.25) is 5.82 Å². The molecule has 0 heterocycles. The highest BCUT2D eigenvalue weighted by atomic mass is 19.1. The number of hydrogen-bond acceptors (Lipinski definition) is 7. The number of nitrogens with zero attached hydrogens (tertiary/aromatic N) is 1. The highest BCUT2D eigenvalue weighted by Gasteiger charge is 2.20. The molecule has 0 aliphatic heterocycles. The third-order valence-corrected chi connectivity index (χ3v) is 3.94. The molecule has 158 valence electrons. The van der Waals surface area contributed by atoms with Crippen molar-refractivity contribution in [3.05, 3.63) is 64.0 Å². The molecule has 9 nitrogen and oxygen atoms in total. The molecule has 0 aliphatic carbocycles. The maximum atomic E-state index is 13.3. The van der Waals surface area contributed by atoms with Crippen molar-refractivity contribution in [3.8, 4) is 5.75 Å². The number of anilines is 1. The maximum Gasteiger partial charge on any atom is 0.344 e. The lowest BCUT2D eigenvalue weighted by Gasteiger charge is -2.14. The van der Waals surface area contributed by atoms with E-state index in [4.69, 9.17) is 9.47 Å². The van der Waals surface area contributed by atoms with E-state index >= 15 is 0 Å². The third-order valence-electron chi connectivity index (χ3n) is 3.94. The van der Waals surface area contributed by atoms with Crippen LogP contribution in [0.15, 0.2) is 42.5 Å². The summed E-state index contributed by atoms with van der Waals surface area (Å²) in [6, 6.07) is 9.07. The first-order chi connectivity index (χ1) is 14.2. The van der Waals surface area contributed by atoms with Crippen LogP contribution in [0.4, 0.5) is 15.8 Å². The Hall–Kier alpha value is -3.82. The molecule has 0 radical (unpaired) electrons. The number of esters is 1. The second-order valence-corrected chi connectivity index (χ2v) is 6.13. The first-order valence-electron chi connectivity index (χ1n) is 8.91. The first-order valence-corrected chi connectivity index (χ1v) is 8.91. The number of benzene rings is 2. The van der Waals surface area contributed by atoms with E-state index in [0.29, 0.717) is 17.7 Å². The number of ketones is 1. The fourth-order valence-electron chi connectivity index (χ4n) is 2.34. The second-order valence-electron chi connectivity index (χ2n) is 6.13. The van der Waals surface area contributed by atoms with Gasteiger partial charge >= 0.3 is 11.7 Å². The van der Waals surface area contributed by atoms with E-state index in [1.54, 1.807) is 19.1 Å². The summed E-state index contributed by atoms with van der Waals surface area (Å²) < 4.78 is 23.5. The van der Waals surface area contributed by atoms with Gasteiger partial charge in [-0.15, -0.1) is 0 Å². The SMILES string of the molecule is CCC(=O)c1ccc(OCC(=O)O[C@H](C)C(=O)Nc2ccc(F)c([N+](=O)[O-])c2)cc1. The maximum absolute atomic E-state index is 13.3. The van der Waals surface area contributed by atoms with Gasteiger partial charge < -0.3 is 14.8 Å². The lowest BCUT2D eigenvalue weighted by molar-refractivity contribution is -0.387. The van der Waals surface area contributed by atoms with E-state index in [1.165, 1.54) is 19.1 Å². The number of nitro groups is 1. The molecular weight excluding hydrogens is 399 g/mol. The number of rotatable bonds is 9. The summed E-state index contributed by atoms with van der Waals surface area (Å²) in [6.45, 7) is 2.58. The molecule has 0 fully saturated rings. The van der Waals surface area contributed by atoms with Gasteiger partial charge in [-0.25, -0.2) is 4.79 Å². The highest BCUT2D eigenvalue weighted by molar-refractivity contribution is 5.96. The average Bonchev–Trinajstić information content (AvgIpc) is 2.73. The molecule has 1 amide bonds.